The molecule has 204 valence electrons. The van der Waals surface area contributed by atoms with Crippen LogP contribution in [-0.2, 0) is 9.59 Å². The van der Waals surface area contributed by atoms with Gasteiger partial charge in [0, 0.05) is 38.8 Å². The van der Waals surface area contributed by atoms with Crippen LogP contribution in [0.4, 0.5) is 5.82 Å². The fraction of sp³-hybridized carbons (Fsp3) is 0.517. The minimum Gasteiger partial charge on any atom is -0.358 e. The molecule has 1 aliphatic rings. The molecule has 8 nitrogen and oxygen atoms in total. The maximum Gasteiger partial charge on any atom is 0.231 e. The van der Waals surface area contributed by atoms with Gasteiger partial charge < -0.3 is 19.6 Å². The largest absolute Gasteiger partial charge is 0.358 e. The predicted octanol–water partition coefficient (Wildman–Crippen LogP) is 5.21. The number of carbonyl (C=O) groups excluding carboxylic acids is 2. The van der Waals surface area contributed by atoms with Crippen LogP contribution in [0.3, 0.4) is 0 Å². The summed E-state index contributed by atoms with van der Waals surface area (Å²) in [5.74, 6) is 1.47. The number of nitrogens with one attached hydrogen (secondary N) is 1. The van der Waals surface area contributed by atoms with E-state index in [0.717, 1.165) is 37.2 Å². The first-order chi connectivity index (χ1) is 18.4. The van der Waals surface area contributed by atoms with E-state index >= 15 is 0 Å². The van der Waals surface area contributed by atoms with Crippen LogP contribution in [0.1, 0.15) is 68.9 Å². The van der Waals surface area contributed by atoms with Gasteiger partial charge in [0.25, 0.3) is 0 Å². The summed E-state index contributed by atoms with van der Waals surface area (Å²) in [6.45, 7) is 11.7. The lowest BCUT2D eigenvalue weighted by Gasteiger charge is -2.32. The highest BCUT2D eigenvalue weighted by molar-refractivity contribution is 7.13. The highest BCUT2D eigenvalue weighted by Crippen LogP contribution is 2.30. The predicted molar refractivity (Wildman–Crippen MR) is 151 cm³/mol. The van der Waals surface area contributed by atoms with Gasteiger partial charge in [-0.2, -0.15) is 0 Å². The molecule has 4 rings (SSSR count). The van der Waals surface area contributed by atoms with Gasteiger partial charge in [0.1, 0.15) is 5.92 Å². The SMILES string of the molecule is Cc1ncsc1-c1ccc(C(C)CCCCNC(=O)C(c2cc(N3CCN(C=O)CC3)no2)C(C)C)cc1. The highest BCUT2D eigenvalue weighted by Gasteiger charge is 2.29. The van der Waals surface area contributed by atoms with Crippen molar-refractivity contribution in [2.45, 2.75) is 58.8 Å². The molecule has 0 saturated carbocycles. The summed E-state index contributed by atoms with van der Waals surface area (Å²) in [6, 6.07) is 10.7. The van der Waals surface area contributed by atoms with Crippen molar-refractivity contribution in [2.75, 3.05) is 37.6 Å². The number of thiazole rings is 1. The number of rotatable bonds is 12. The van der Waals surface area contributed by atoms with E-state index in [0.29, 0.717) is 44.4 Å². The normalized spacial score (nSPS) is 15.5. The molecule has 1 N–H and O–H groups in total. The molecule has 0 bridgehead atoms. The number of aromatic nitrogens is 2. The van der Waals surface area contributed by atoms with Crippen molar-refractivity contribution in [2.24, 2.45) is 5.92 Å². The van der Waals surface area contributed by atoms with E-state index in [2.05, 4.69) is 51.5 Å². The van der Waals surface area contributed by atoms with E-state index in [9.17, 15) is 9.59 Å². The summed E-state index contributed by atoms with van der Waals surface area (Å²) in [5, 5.41) is 7.34. The molecule has 0 radical (unpaired) electrons. The molecule has 1 saturated heterocycles. The van der Waals surface area contributed by atoms with Crippen LogP contribution in [0.2, 0.25) is 0 Å². The Morgan fingerprint density at radius 1 is 1.13 bits per heavy atom. The molecular weight excluding hydrogens is 498 g/mol. The Morgan fingerprint density at radius 2 is 1.87 bits per heavy atom. The second kappa shape index (κ2) is 13.0. The van der Waals surface area contributed by atoms with E-state index in [-0.39, 0.29) is 17.7 Å². The molecule has 38 heavy (non-hydrogen) atoms. The third-order valence-electron chi connectivity index (χ3n) is 7.41. The lowest BCUT2D eigenvalue weighted by Crippen LogP contribution is -2.45. The molecule has 0 aliphatic carbocycles. The van der Waals surface area contributed by atoms with E-state index in [1.807, 2.05) is 32.3 Å². The number of hydrogen-bond donors (Lipinski definition) is 1. The van der Waals surface area contributed by atoms with E-state index in [1.165, 1.54) is 16.0 Å². The summed E-state index contributed by atoms with van der Waals surface area (Å²) in [4.78, 5) is 33.5. The smallest absolute Gasteiger partial charge is 0.231 e. The minimum atomic E-state index is -0.382. The van der Waals surface area contributed by atoms with Gasteiger partial charge in [0.2, 0.25) is 12.3 Å². The second-order valence-electron chi connectivity index (χ2n) is 10.5. The average molecular weight is 538 g/mol. The Morgan fingerprint density at radius 3 is 2.50 bits per heavy atom. The van der Waals surface area contributed by atoms with E-state index in [1.54, 1.807) is 16.2 Å². The van der Waals surface area contributed by atoms with Gasteiger partial charge in [-0.05, 0) is 42.7 Å². The molecular formula is C29H39N5O3S. The fourth-order valence-electron chi connectivity index (χ4n) is 5.00. The highest BCUT2D eigenvalue weighted by atomic mass is 32.1. The van der Waals surface area contributed by atoms with Gasteiger partial charge in [0.05, 0.1) is 16.1 Å². The van der Waals surface area contributed by atoms with Gasteiger partial charge in [0.15, 0.2) is 11.6 Å². The molecule has 1 aliphatic heterocycles. The standard InChI is InChI=1S/C29H39N5O3S/c1-20(2)27(25-17-26(32-37-25)34-15-13-33(19-35)14-16-34)29(36)30-12-6-5-7-21(3)23-8-10-24(11-9-23)28-22(4)31-18-38-28/h8-11,17-21,27H,5-7,12-16H2,1-4H3,(H,30,36). The first-order valence-electron chi connectivity index (χ1n) is 13.6. The first-order valence-corrected chi connectivity index (χ1v) is 14.4. The molecule has 2 atom stereocenters. The Balaban J connectivity index is 1.22. The van der Waals surface area contributed by atoms with Crippen molar-refractivity contribution in [1.29, 1.82) is 0 Å². The zero-order valence-corrected chi connectivity index (χ0v) is 23.7. The second-order valence-corrected chi connectivity index (χ2v) is 11.4. The molecule has 3 heterocycles. The molecule has 9 heteroatoms. The Kier molecular flexibility index (Phi) is 9.55. The van der Waals surface area contributed by atoms with Gasteiger partial charge in [-0.3, -0.25) is 9.59 Å². The lowest BCUT2D eigenvalue weighted by molar-refractivity contribution is -0.124. The number of piperazine rings is 1. The van der Waals surface area contributed by atoms with Crippen LogP contribution < -0.4 is 10.2 Å². The molecule has 1 aromatic carbocycles. The number of unbranched alkanes of at least 4 members (excludes halogenated alkanes) is 1. The van der Waals surface area contributed by atoms with Crippen LogP contribution in [-0.4, -0.2) is 60.1 Å². The van der Waals surface area contributed by atoms with Crippen LogP contribution in [0.15, 0.2) is 40.4 Å². The molecule has 1 fully saturated rings. The third kappa shape index (κ3) is 6.81. The number of carbonyl (C=O) groups is 2. The van der Waals surface area contributed by atoms with E-state index < -0.39 is 0 Å². The van der Waals surface area contributed by atoms with E-state index in [4.69, 9.17) is 4.52 Å². The number of aryl methyl sites for hydroxylation is 1. The quantitative estimate of drug-likeness (QED) is 0.252. The van der Waals surface area contributed by atoms with Gasteiger partial charge in [-0.1, -0.05) is 56.6 Å². The number of hydrogen-bond acceptors (Lipinski definition) is 7. The molecule has 0 spiro atoms. The van der Waals surface area contributed by atoms with Gasteiger partial charge in [-0.15, -0.1) is 11.3 Å². The number of anilines is 1. The summed E-state index contributed by atoms with van der Waals surface area (Å²) >= 11 is 1.68. The zero-order valence-electron chi connectivity index (χ0n) is 22.9. The Labute approximate surface area is 229 Å². The zero-order chi connectivity index (χ0) is 27.1. The van der Waals surface area contributed by atoms with Crippen molar-refractivity contribution < 1.29 is 14.1 Å². The lowest BCUT2D eigenvalue weighted by atomic mass is 9.92. The van der Waals surface area contributed by atoms with Crippen molar-refractivity contribution >= 4 is 29.5 Å². The number of nitrogens with zero attached hydrogens (tertiary/aromatic N) is 4. The Hall–Kier alpha value is -3.20. The number of amides is 2. The first kappa shape index (κ1) is 27.8. The Bertz CT molecular complexity index is 1180. The maximum atomic E-state index is 13.1. The van der Waals surface area contributed by atoms with Crippen LogP contribution >= 0.6 is 11.3 Å². The summed E-state index contributed by atoms with van der Waals surface area (Å²) in [6.07, 6.45) is 3.93. The molecule has 2 unspecified atom stereocenters. The minimum absolute atomic E-state index is 0.0181. The van der Waals surface area contributed by atoms with Crippen molar-refractivity contribution in [1.82, 2.24) is 20.4 Å². The fourth-order valence-corrected chi connectivity index (χ4v) is 5.81. The number of benzene rings is 1. The third-order valence-corrected chi connectivity index (χ3v) is 8.39. The monoisotopic (exact) mass is 537 g/mol. The van der Waals surface area contributed by atoms with Gasteiger partial charge >= 0.3 is 0 Å². The van der Waals surface area contributed by atoms with Crippen LogP contribution in [0.25, 0.3) is 10.4 Å². The topological polar surface area (TPSA) is 91.6 Å². The van der Waals surface area contributed by atoms with Crippen LogP contribution in [0.5, 0.6) is 0 Å². The van der Waals surface area contributed by atoms with Crippen LogP contribution in [0, 0.1) is 12.8 Å². The summed E-state index contributed by atoms with van der Waals surface area (Å²) < 4.78 is 5.62. The van der Waals surface area contributed by atoms with Crippen molar-refractivity contribution in [3.63, 3.8) is 0 Å². The van der Waals surface area contributed by atoms with Crippen molar-refractivity contribution in [3.8, 4) is 10.4 Å². The summed E-state index contributed by atoms with van der Waals surface area (Å²) in [7, 11) is 0. The average Bonchev–Trinajstić information content (AvgIpc) is 3.58. The molecule has 2 aromatic heterocycles. The summed E-state index contributed by atoms with van der Waals surface area (Å²) in [5.41, 5.74) is 5.54. The maximum absolute atomic E-state index is 13.1. The van der Waals surface area contributed by atoms with Crippen molar-refractivity contribution in [3.05, 3.63) is 52.9 Å². The molecule has 3 aromatic rings. The molecule has 2 amide bonds. The van der Waals surface area contributed by atoms with Gasteiger partial charge in [-0.25, -0.2) is 4.98 Å².